The zero-order valence-corrected chi connectivity index (χ0v) is 23.3. The molecule has 2 aromatic rings. The van der Waals surface area contributed by atoms with Crippen molar-refractivity contribution in [3.63, 3.8) is 0 Å². The van der Waals surface area contributed by atoms with Crippen LogP contribution >= 0.6 is 0 Å². The number of alkyl halides is 3. The van der Waals surface area contributed by atoms with Gasteiger partial charge in [0.25, 0.3) is 10.0 Å². The van der Waals surface area contributed by atoms with E-state index >= 15 is 0 Å². The molecule has 2 aliphatic rings. The van der Waals surface area contributed by atoms with Gasteiger partial charge in [-0.2, -0.15) is 13.2 Å². The first-order valence-electron chi connectivity index (χ1n) is 12.3. The van der Waals surface area contributed by atoms with Crippen molar-refractivity contribution in [3.8, 4) is 5.75 Å². The maximum absolute atomic E-state index is 13.7. The molecule has 0 amide bonds. The molecule has 2 aromatic carbocycles. The second-order valence-electron chi connectivity index (χ2n) is 10.9. The third-order valence-corrected chi connectivity index (χ3v) is 9.73. The number of esters is 1. The highest BCUT2D eigenvalue weighted by Crippen LogP contribution is 2.40. The van der Waals surface area contributed by atoms with Crippen LogP contribution in [0.5, 0.6) is 5.75 Å². The van der Waals surface area contributed by atoms with Gasteiger partial charge in [-0.3, -0.25) is 9.10 Å². The number of sulfonamides is 1. The van der Waals surface area contributed by atoms with Crippen LogP contribution in [0.2, 0.25) is 0 Å². The van der Waals surface area contributed by atoms with E-state index in [0.29, 0.717) is 11.6 Å². The number of ether oxygens (including phenoxy) is 2. The molecule has 0 unspecified atom stereocenters. The van der Waals surface area contributed by atoms with E-state index in [0.717, 1.165) is 35.3 Å². The molecule has 1 atom stereocenters. The van der Waals surface area contributed by atoms with E-state index in [9.17, 15) is 34.8 Å². The van der Waals surface area contributed by atoms with E-state index in [2.05, 4.69) is 0 Å². The highest BCUT2D eigenvalue weighted by Gasteiger charge is 2.39. The molecule has 4 rings (SSSR count). The fourth-order valence-electron chi connectivity index (χ4n) is 4.28. The summed E-state index contributed by atoms with van der Waals surface area (Å²) in [6, 6.07) is 7.67. The normalized spacial score (nSPS) is 18.3. The number of carbonyl (C=O) groups excluding carboxylic acids is 1. The molecule has 0 bridgehead atoms. The number of halogens is 3. The number of hydrogen-bond donors (Lipinski definition) is 0. The summed E-state index contributed by atoms with van der Waals surface area (Å²) in [5, 5.41) is 0. The summed E-state index contributed by atoms with van der Waals surface area (Å²) in [7, 11) is -8.17. The Morgan fingerprint density at radius 3 is 2.33 bits per heavy atom. The Bertz CT molecular complexity index is 1460. The Balaban J connectivity index is 1.71. The summed E-state index contributed by atoms with van der Waals surface area (Å²) in [5.74, 6) is -0.926. The van der Waals surface area contributed by atoms with Gasteiger partial charge in [0.15, 0.2) is 9.84 Å². The van der Waals surface area contributed by atoms with Crippen molar-refractivity contribution in [2.75, 3.05) is 22.4 Å². The number of anilines is 1. The molecule has 8 nitrogen and oxygen atoms in total. The minimum Gasteiger partial charge on any atom is -0.485 e. The van der Waals surface area contributed by atoms with Crippen molar-refractivity contribution < 1.29 is 44.3 Å². The summed E-state index contributed by atoms with van der Waals surface area (Å²) < 4.78 is 105. The van der Waals surface area contributed by atoms with Crippen LogP contribution in [0.15, 0.2) is 47.4 Å². The Kier molecular flexibility index (Phi) is 7.71. The van der Waals surface area contributed by atoms with Crippen LogP contribution in [0.4, 0.5) is 18.9 Å². The molecule has 0 aromatic heterocycles. The second-order valence-corrected chi connectivity index (χ2v) is 14.9. The third kappa shape index (κ3) is 7.44. The number of sulfone groups is 1. The fourth-order valence-corrected chi connectivity index (χ4v) is 7.75. The topological polar surface area (TPSA) is 107 Å². The smallest absolute Gasteiger partial charge is 0.416 e. The molecule has 0 N–H and O–H groups in total. The monoisotopic (exact) mass is 589 g/mol. The molecule has 214 valence electrons. The number of benzene rings is 2. The molecule has 1 heterocycles. The maximum Gasteiger partial charge on any atom is 0.416 e. The average molecular weight is 590 g/mol. The lowest BCUT2D eigenvalue weighted by atomic mass is 10.1. The Hall–Kier alpha value is -2.80. The van der Waals surface area contributed by atoms with Gasteiger partial charge >= 0.3 is 12.1 Å². The number of rotatable bonds is 8. The minimum atomic E-state index is -4.77. The van der Waals surface area contributed by atoms with Crippen molar-refractivity contribution in [1.82, 2.24) is 0 Å². The predicted octanol–water partition coefficient (Wildman–Crippen LogP) is 4.37. The van der Waals surface area contributed by atoms with Crippen LogP contribution in [0.1, 0.15) is 44.7 Å². The highest BCUT2D eigenvalue weighted by molar-refractivity contribution is 7.93. The van der Waals surface area contributed by atoms with Gasteiger partial charge in [0, 0.05) is 0 Å². The fraction of sp³-hybridized carbons (Fsp3) is 0.500. The number of carbonyl (C=O) groups is 1. The summed E-state index contributed by atoms with van der Waals surface area (Å²) in [6.45, 7) is 4.66. The molecule has 1 aliphatic carbocycles. The summed E-state index contributed by atoms with van der Waals surface area (Å²) in [6.07, 6.45) is -4.43. The zero-order chi connectivity index (χ0) is 28.8. The maximum atomic E-state index is 13.7. The van der Waals surface area contributed by atoms with Crippen LogP contribution < -0.4 is 9.04 Å². The SMILES string of the molecule is CC(C)(C)OC(=O)Cc1ccc2c(c1)N(S(=O)(=O)c1cccc(C(F)(F)F)c1)C[C@H](CS(=O)(=O)CC1CC1)O2. The Morgan fingerprint density at radius 1 is 1.03 bits per heavy atom. The van der Waals surface area contributed by atoms with Gasteiger partial charge in [0.05, 0.1) is 40.6 Å². The van der Waals surface area contributed by atoms with Gasteiger partial charge < -0.3 is 9.47 Å². The van der Waals surface area contributed by atoms with E-state index in [1.165, 1.54) is 18.2 Å². The van der Waals surface area contributed by atoms with Crippen LogP contribution in [0.3, 0.4) is 0 Å². The number of hydrogen-bond acceptors (Lipinski definition) is 7. The number of fused-ring (bicyclic) bond motifs is 1. The first-order valence-corrected chi connectivity index (χ1v) is 15.6. The van der Waals surface area contributed by atoms with E-state index < -0.39 is 66.5 Å². The van der Waals surface area contributed by atoms with E-state index in [4.69, 9.17) is 9.47 Å². The molecular weight excluding hydrogens is 559 g/mol. The molecule has 39 heavy (non-hydrogen) atoms. The molecule has 1 aliphatic heterocycles. The van der Waals surface area contributed by atoms with Crippen LogP contribution in [0, 0.1) is 5.92 Å². The van der Waals surface area contributed by atoms with Crippen molar-refractivity contribution in [2.24, 2.45) is 5.92 Å². The van der Waals surface area contributed by atoms with Crippen molar-refractivity contribution in [1.29, 1.82) is 0 Å². The highest BCUT2D eigenvalue weighted by atomic mass is 32.2. The molecular formula is C26H30F3NO7S2. The zero-order valence-electron chi connectivity index (χ0n) is 21.7. The van der Waals surface area contributed by atoms with E-state index in [-0.39, 0.29) is 29.5 Å². The van der Waals surface area contributed by atoms with E-state index in [1.807, 2.05) is 0 Å². The minimum absolute atomic E-state index is 0.00990. The van der Waals surface area contributed by atoms with Gasteiger partial charge in [0.1, 0.15) is 17.5 Å². The lowest BCUT2D eigenvalue weighted by Gasteiger charge is -2.35. The lowest BCUT2D eigenvalue weighted by Crippen LogP contribution is -2.46. The molecule has 1 saturated carbocycles. The third-order valence-electron chi connectivity index (χ3n) is 6.10. The van der Waals surface area contributed by atoms with Crippen LogP contribution in [-0.4, -0.2) is 52.6 Å². The van der Waals surface area contributed by atoms with Gasteiger partial charge in [-0.25, -0.2) is 16.8 Å². The quantitative estimate of drug-likeness (QED) is 0.421. The Morgan fingerprint density at radius 2 is 1.72 bits per heavy atom. The lowest BCUT2D eigenvalue weighted by molar-refractivity contribution is -0.153. The molecule has 13 heteroatoms. The predicted molar refractivity (Wildman–Crippen MR) is 138 cm³/mol. The van der Waals surface area contributed by atoms with Gasteiger partial charge in [0.2, 0.25) is 0 Å². The molecule has 0 saturated heterocycles. The summed E-state index contributed by atoms with van der Waals surface area (Å²) in [5.41, 5.74) is -1.51. The molecule has 0 spiro atoms. The van der Waals surface area contributed by atoms with Gasteiger partial charge in [-0.05, 0) is 75.4 Å². The van der Waals surface area contributed by atoms with Gasteiger partial charge in [-0.1, -0.05) is 12.1 Å². The second kappa shape index (κ2) is 10.3. The summed E-state index contributed by atoms with van der Waals surface area (Å²) >= 11 is 0. The summed E-state index contributed by atoms with van der Waals surface area (Å²) in [4.78, 5) is 11.8. The van der Waals surface area contributed by atoms with Crippen LogP contribution in [0.25, 0.3) is 0 Å². The van der Waals surface area contributed by atoms with Gasteiger partial charge in [-0.15, -0.1) is 0 Å². The number of nitrogens with zero attached hydrogens (tertiary/aromatic N) is 1. The largest absolute Gasteiger partial charge is 0.485 e. The van der Waals surface area contributed by atoms with Crippen molar-refractivity contribution in [2.45, 2.75) is 62.8 Å². The van der Waals surface area contributed by atoms with Crippen molar-refractivity contribution in [3.05, 3.63) is 53.6 Å². The van der Waals surface area contributed by atoms with E-state index in [1.54, 1.807) is 20.8 Å². The molecule has 1 fully saturated rings. The first kappa shape index (κ1) is 29.2. The average Bonchev–Trinajstić information content (AvgIpc) is 3.60. The van der Waals surface area contributed by atoms with Crippen molar-refractivity contribution >= 4 is 31.5 Å². The van der Waals surface area contributed by atoms with Crippen LogP contribution in [-0.2, 0) is 42.0 Å². The molecule has 0 radical (unpaired) electrons. The first-order chi connectivity index (χ1) is 17.9. The Labute approximate surface area is 226 Å². The standard InChI is InChI=1S/C26H30F3NO7S2/c1-25(2,3)37-24(31)12-18-9-10-23-22(11-18)30(14-20(36-23)16-38(32,33)15-17-7-8-17)39(34,35)21-6-4-5-19(13-21)26(27,28)29/h4-6,9-11,13,17,20H,7-8,12,14-16H2,1-3H3/t20-/m1/s1.